The first-order chi connectivity index (χ1) is 20.0. The van der Waals surface area contributed by atoms with Crippen molar-refractivity contribution < 1.29 is 32.7 Å². The number of nitrogen functional groups attached to an aromatic ring is 1. The number of aliphatic carboxylic acids is 1. The number of β-lactam (4-membered cyclic amide) rings is 1. The van der Waals surface area contributed by atoms with Crippen LogP contribution in [0, 0.1) is 0 Å². The number of oxime groups is 1. The lowest BCUT2D eigenvalue weighted by Crippen LogP contribution is -2.71. The van der Waals surface area contributed by atoms with Gasteiger partial charge in [0, 0.05) is 22.4 Å². The average Bonchev–Trinajstić information content (AvgIpc) is 3.61. The number of thioether (sulfide) groups is 2. The van der Waals surface area contributed by atoms with Crippen LogP contribution in [0.2, 0.25) is 0 Å². The van der Waals surface area contributed by atoms with E-state index in [1.54, 1.807) is 12.1 Å². The number of nitrogens with two attached hydrogens (primary N) is 2. The molecule has 3 aromatic rings. The van der Waals surface area contributed by atoms with Crippen LogP contribution in [-0.4, -0.2) is 87.1 Å². The second-order valence-corrected chi connectivity index (χ2v) is 14.3. The van der Waals surface area contributed by atoms with Crippen molar-refractivity contribution in [1.29, 1.82) is 0 Å². The topological polar surface area (TPSA) is 233 Å². The number of carboxylic acid groups (broad SMARTS) is 1. The summed E-state index contributed by atoms with van der Waals surface area (Å²) in [4.78, 5) is 48.1. The minimum absolute atomic E-state index is 0.0258. The maximum absolute atomic E-state index is 13.1. The van der Waals surface area contributed by atoms with E-state index in [9.17, 15) is 27.9 Å². The number of fused-ring (bicyclic) bond motifs is 1. The number of anilines is 1. The van der Waals surface area contributed by atoms with Crippen LogP contribution >= 0.6 is 46.2 Å². The smallest absolute Gasteiger partial charge is 0.352 e. The summed E-state index contributed by atoms with van der Waals surface area (Å²) < 4.78 is 23.5. The maximum atomic E-state index is 13.1. The Labute approximate surface area is 254 Å². The molecule has 6 N–H and O–H groups in total. The second-order valence-electron chi connectivity index (χ2n) is 8.54. The van der Waals surface area contributed by atoms with Crippen molar-refractivity contribution >= 4 is 84.8 Å². The van der Waals surface area contributed by atoms with E-state index in [2.05, 4.69) is 25.7 Å². The number of amides is 2. The number of thiazole rings is 1. The van der Waals surface area contributed by atoms with Crippen LogP contribution in [0.4, 0.5) is 5.13 Å². The largest absolute Gasteiger partial charge is 0.477 e. The minimum atomic E-state index is -3.82. The molecule has 42 heavy (non-hydrogen) atoms. The number of aromatic nitrogens is 3. The third-order valence-corrected chi connectivity index (χ3v) is 11.0. The molecule has 2 atom stereocenters. The highest BCUT2D eigenvalue weighted by atomic mass is 32.2. The van der Waals surface area contributed by atoms with Gasteiger partial charge in [0.05, 0.1) is 4.90 Å². The molecule has 1 saturated heterocycles. The molecule has 1 fully saturated rings. The van der Waals surface area contributed by atoms with Crippen molar-refractivity contribution in [3.63, 3.8) is 0 Å². The van der Waals surface area contributed by atoms with E-state index in [4.69, 9.17) is 15.7 Å². The molecule has 2 aromatic heterocycles. The molecule has 2 aliphatic rings. The molecular weight excluding hydrogens is 649 g/mol. The zero-order chi connectivity index (χ0) is 30.2. The Morgan fingerprint density at radius 2 is 2.02 bits per heavy atom. The number of hydrogen-bond acceptors (Lipinski definition) is 15. The third-order valence-electron chi connectivity index (χ3n) is 5.90. The van der Waals surface area contributed by atoms with Gasteiger partial charge in [-0.3, -0.25) is 14.5 Å². The lowest BCUT2D eigenvalue weighted by molar-refractivity contribution is -0.150. The molecule has 15 nitrogen and oxygen atoms in total. The maximum Gasteiger partial charge on any atom is 0.352 e. The summed E-state index contributed by atoms with van der Waals surface area (Å²) in [7, 11) is -2.56. The van der Waals surface area contributed by atoms with E-state index in [-0.39, 0.29) is 32.9 Å². The second kappa shape index (κ2) is 12.0. The van der Waals surface area contributed by atoms with Gasteiger partial charge in [0.25, 0.3) is 11.8 Å². The molecule has 20 heteroatoms. The van der Waals surface area contributed by atoms with Crippen LogP contribution in [0.25, 0.3) is 10.6 Å². The van der Waals surface area contributed by atoms with E-state index in [1.165, 1.54) is 64.4 Å². The molecule has 0 saturated carbocycles. The number of carbonyl (C=O) groups excluding carboxylic acids is 2. The number of carboxylic acids is 1. The molecule has 2 amide bonds. The highest BCUT2D eigenvalue weighted by Crippen LogP contribution is 2.42. The van der Waals surface area contributed by atoms with Gasteiger partial charge in [0.2, 0.25) is 10.0 Å². The van der Waals surface area contributed by atoms with Crippen molar-refractivity contribution in [2.75, 3.05) is 24.3 Å². The van der Waals surface area contributed by atoms with Crippen LogP contribution in [0.3, 0.4) is 0 Å². The minimum Gasteiger partial charge on any atom is -0.477 e. The number of hydrogen-bond donors (Lipinski definition) is 4. The number of rotatable bonds is 10. The van der Waals surface area contributed by atoms with Crippen LogP contribution < -0.4 is 16.2 Å². The van der Waals surface area contributed by atoms with Crippen molar-refractivity contribution in [3.05, 3.63) is 46.6 Å². The fraction of sp³-hybridized carbons (Fsp3) is 0.227. The third kappa shape index (κ3) is 5.99. The monoisotopic (exact) mass is 668 g/mol. The van der Waals surface area contributed by atoms with Crippen LogP contribution in [0.15, 0.2) is 55.3 Å². The summed E-state index contributed by atoms with van der Waals surface area (Å²) in [6.07, 6.45) is 0. The summed E-state index contributed by atoms with van der Waals surface area (Å²) in [6.45, 7) is 0. The number of benzene rings is 1. The number of nitrogens with zero attached hydrogens (tertiary/aromatic N) is 5. The van der Waals surface area contributed by atoms with Gasteiger partial charge in [0.1, 0.15) is 34.9 Å². The molecule has 0 radical (unpaired) electrons. The number of sulfonamides is 1. The molecule has 220 valence electrons. The molecule has 4 heterocycles. The zero-order valence-corrected chi connectivity index (χ0v) is 25.4. The first-order valence-corrected chi connectivity index (χ1v) is 16.9. The normalized spacial score (nSPS) is 18.9. The lowest BCUT2D eigenvalue weighted by Gasteiger charge is -2.49. The molecule has 5 rings (SSSR count). The first-order valence-electron chi connectivity index (χ1n) is 11.6. The Hall–Kier alpha value is -3.56. The predicted molar refractivity (Wildman–Crippen MR) is 157 cm³/mol. The van der Waals surface area contributed by atoms with Crippen LogP contribution in [0.5, 0.6) is 0 Å². The van der Waals surface area contributed by atoms with Crippen molar-refractivity contribution in [2.24, 2.45) is 10.3 Å². The first kappa shape index (κ1) is 29.9. The fourth-order valence-electron chi connectivity index (χ4n) is 4.02. The Kier molecular flexibility index (Phi) is 8.53. The SMILES string of the molecule is CON=C(C(=O)N[C@@H]1C(=O)N2C(C(=O)O)=C(CSc3nnc(-c4ccc(S(N)(=O)=O)cc4)s3)CS[C@@H]12)c1csc(N)n1. The summed E-state index contributed by atoms with van der Waals surface area (Å²) in [5.41, 5.74) is 6.69. The van der Waals surface area contributed by atoms with Gasteiger partial charge >= 0.3 is 5.97 Å². The molecule has 0 aliphatic carbocycles. The Morgan fingerprint density at radius 1 is 1.29 bits per heavy atom. The summed E-state index contributed by atoms with van der Waals surface area (Å²) in [5, 5.41) is 31.3. The van der Waals surface area contributed by atoms with Gasteiger partial charge in [0.15, 0.2) is 15.2 Å². The molecule has 0 spiro atoms. The van der Waals surface area contributed by atoms with Gasteiger partial charge in [-0.2, -0.15) is 0 Å². The highest BCUT2D eigenvalue weighted by molar-refractivity contribution is 8.02. The Bertz CT molecular complexity index is 1730. The van der Waals surface area contributed by atoms with E-state index in [0.717, 1.165) is 11.3 Å². The van der Waals surface area contributed by atoms with Crippen LogP contribution in [-0.2, 0) is 29.2 Å². The molecule has 0 bridgehead atoms. The summed E-state index contributed by atoms with van der Waals surface area (Å²) in [5.74, 6) is -2.01. The number of carbonyl (C=O) groups is 3. The van der Waals surface area contributed by atoms with Crippen LogP contribution in [0.1, 0.15) is 5.69 Å². The van der Waals surface area contributed by atoms with Gasteiger partial charge in [-0.05, 0) is 17.7 Å². The Balaban J connectivity index is 1.27. The number of nitrogens with one attached hydrogen (secondary N) is 1. The molecular formula is C22H20N8O7S5. The summed E-state index contributed by atoms with van der Waals surface area (Å²) in [6, 6.07) is 4.91. The van der Waals surface area contributed by atoms with Gasteiger partial charge in [-0.15, -0.1) is 33.3 Å². The van der Waals surface area contributed by atoms with Crippen molar-refractivity contribution in [3.8, 4) is 10.6 Å². The fourth-order valence-corrected chi connectivity index (χ4v) is 8.42. The highest BCUT2D eigenvalue weighted by Gasteiger charge is 2.54. The predicted octanol–water partition coefficient (Wildman–Crippen LogP) is 0.773. The van der Waals surface area contributed by atoms with Crippen molar-refractivity contribution in [1.82, 2.24) is 25.4 Å². The molecule has 2 aliphatic heterocycles. The van der Waals surface area contributed by atoms with Gasteiger partial charge in [-0.1, -0.05) is 40.4 Å². The standard InChI is InChI=1S/C22H20N8O7S5/c1-37-29-13(12-8-39-21(23)25-12)16(31)26-14-18(32)30-15(20(33)34)10(6-38-19(14)30)7-40-22-28-27-17(41-22)9-2-4-11(5-3-9)42(24,35)36/h2-5,8,14,19H,6-7H2,1H3,(H2,23,25)(H,26,31)(H,33,34)(H2,24,35,36)/t14-,19+/m1/s1. The van der Waals surface area contributed by atoms with Crippen molar-refractivity contribution in [2.45, 2.75) is 20.7 Å². The van der Waals surface area contributed by atoms with Gasteiger partial charge in [-0.25, -0.2) is 23.3 Å². The quantitative estimate of drug-likeness (QED) is 0.101. The molecule has 1 aromatic carbocycles. The van der Waals surface area contributed by atoms with E-state index in [0.29, 0.717) is 26.2 Å². The lowest BCUT2D eigenvalue weighted by atomic mass is 10.0. The Morgan fingerprint density at radius 3 is 2.64 bits per heavy atom. The van der Waals surface area contributed by atoms with Gasteiger partial charge < -0.3 is 21.0 Å². The zero-order valence-electron chi connectivity index (χ0n) is 21.3. The molecule has 0 unspecified atom stereocenters. The average molecular weight is 669 g/mol. The summed E-state index contributed by atoms with van der Waals surface area (Å²) >= 11 is 4.94. The van der Waals surface area contributed by atoms with E-state index < -0.39 is 39.2 Å². The van der Waals surface area contributed by atoms with E-state index >= 15 is 0 Å². The van der Waals surface area contributed by atoms with E-state index in [1.807, 2.05) is 0 Å². The number of primary sulfonamides is 1.